The minimum Gasteiger partial charge on any atom is -0.358 e. The minimum absolute atomic E-state index is 0.0362. The summed E-state index contributed by atoms with van der Waals surface area (Å²) in [6.45, 7) is 0. The SMILES string of the molecule is CN(C(=O)/C(C#N)=C\Nc1c(Cl)cccc1Cl)C1CCCCC1. The molecule has 0 heterocycles. The lowest BCUT2D eigenvalue weighted by molar-refractivity contribution is -0.128. The first kappa shape index (κ1) is 17.7. The number of likely N-dealkylation sites (N-methyl/N-ethyl adjacent to an activating group) is 1. The van der Waals surface area contributed by atoms with Crippen LogP contribution in [-0.4, -0.2) is 23.9 Å². The van der Waals surface area contributed by atoms with Crippen LogP contribution in [0.1, 0.15) is 32.1 Å². The third kappa shape index (κ3) is 4.40. The van der Waals surface area contributed by atoms with Gasteiger partial charge in [-0.05, 0) is 25.0 Å². The third-order valence-corrected chi connectivity index (χ3v) is 4.75. The van der Waals surface area contributed by atoms with Crippen molar-refractivity contribution in [3.63, 3.8) is 0 Å². The van der Waals surface area contributed by atoms with Crippen molar-refractivity contribution < 1.29 is 4.79 Å². The summed E-state index contributed by atoms with van der Waals surface area (Å²) in [5, 5.41) is 13.0. The van der Waals surface area contributed by atoms with Crippen LogP contribution in [0.2, 0.25) is 10.0 Å². The molecule has 1 amide bonds. The number of nitrogens with one attached hydrogen (secondary N) is 1. The lowest BCUT2D eigenvalue weighted by atomic mass is 9.94. The largest absolute Gasteiger partial charge is 0.358 e. The van der Waals surface area contributed by atoms with Crippen LogP contribution >= 0.6 is 23.2 Å². The Balaban J connectivity index is 2.12. The molecule has 0 atom stereocenters. The van der Waals surface area contributed by atoms with Crippen LogP contribution in [0.15, 0.2) is 30.0 Å². The minimum atomic E-state index is -0.282. The molecule has 0 aromatic heterocycles. The first-order chi connectivity index (χ1) is 11.0. The van der Waals surface area contributed by atoms with Crippen molar-refractivity contribution in [2.24, 2.45) is 0 Å². The molecule has 0 unspecified atom stereocenters. The highest BCUT2D eigenvalue weighted by molar-refractivity contribution is 6.39. The van der Waals surface area contributed by atoms with E-state index < -0.39 is 0 Å². The number of carbonyl (C=O) groups excluding carboxylic acids is 1. The van der Waals surface area contributed by atoms with E-state index in [1.54, 1.807) is 30.1 Å². The maximum absolute atomic E-state index is 12.5. The van der Waals surface area contributed by atoms with Crippen molar-refractivity contribution in [2.45, 2.75) is 38.1 Å². The number of anilines is 1. The second kappa shape index (κ2) is 8.24. The van der Waals surface area contributed by atoms with E-state index in [2.05, 4.69) is 5.32 Å². The number of halogens is 2. The van der Waals surface area contributed by atoms with Gasteiger partial charge in [-0.1, -0.05) is 48.5 Å². The van der Waals surface area contributed by atoms with Gasteiger partial charge in [0, 0.05) is 19.3 Å². The Kier molecular flexibility index (Phi) is 6.32. The first-order valence-corrected chi connectivity index (χ1v) is 8.38. The van der Waals surface area contributed by atoms with Crippen LogP contribution in [-0.2, 0) is 4.79 Å². The quantitative estimate of drug-likeness (QED) is 0.636. The van der Waals surface area contributed by atoms with E-state index in [1.165, 1.54) is 12.6 Å². The molecule has 1 saturated carbocycles. The number of rotatable bonds is 4. The number of para-hydroxylation sites is 1. The van der Waals surface area contributed by atoms with Gasteiger partial charge in [0.15, 0.2) is 0 Å². The molecule has 1 aliphatic carbocycles. The highest BCUT2D eigenvalue weighted by Gasteiger charge is 2.24. The molecule has 6 heteroatoms. The number of amides is 1. The Bertz CT molecular complexity index is 625. The van der Waals surface area contributed by atoms with Crippen molar-refractivity contribution >= 4 is 34.8 Å². The predicted molar refractivity (Wildman–Crippen MR) is 93.4 cm³/mol. The highest BCUT2D eigenvalue weighted by Crippen LogP contribution is 2.30. The van der Waals surface area contributed by atoms with E-state index in [0.29, 0.717) is 15.7 Å². The number of benzene rings is 1. The molecule has 0 radical (unpaired) electrons. The van der Waals surface area contributed by atoms with Crippen molar-refractivity contribution in [1.29, 1.82) is 5.26 Å². The topological polar surface area (TPSA) is 56.1 Å². The molecule has 0 bridgehead atoms. The van der Waals surface area contributed by atoms with Gasteiger partial charge in [-0.15, -0.1) is 0 Å². The molecule has 2 rings (SSSR count). The van der Waals surface area contributed by atoms with E-state index in [-0.39, 0.29) is 17.5 Å². The Morgan fingerprint density at radius 1 is 1.30 bits per heavy atom. The fourth-order valence-electron chi connectivity index (χ4n) is 2.75. The summed E-state index contributed by atoms with van der Waals surface area (Å²) in [5.41, 5.74) is 0.519. The van der Waals surface area contributed by atoms with Crippen LogP contribution in [0, 0.1) is 11.3 Å². The van der Waals surface area contributed by atoms with E-state index >= 15 is 0 Å². The Labute approximate surface area is 146 Å². The molecule has 0 saturated heterocycles. The number of nitriles is 1. The van der Waals surface area contributed by atoms with Crippen molar-refractivity contribution in [2.75, 3.05) is 12.4 Å². The number of nitrogens with zero attached hydrogens (tertiary/aromatic N) is 2. The molecule has 1 aromatic carbocycles. The molecule has 23 heavy (non-hydrogen) atoms. The van der Waals surface area contributed by atoms with E-state index in [0.717, 1.165) is 25.7 Å². The average Bonchev–Trinajstić information content (AvgIpc) is 2.57. The third-order valence-electron chi connectivity index (χ3n) is 4.12. The molecule has 4 nitrogen and oxygen atoms in total. The second-order valence-electron chi connectivity index (χ2n) is 5.62. The van der Waals surface area contributed by atoms with Gasteiger partial charge in [-0.3, -0.25) is 4.79 Å². The van der Waals surface area contributed by atoms with Gasteiger partial charge < -0.3 is 10.2 Å². The summed E-state index contributed by atoms with van der Waals surface area (Å²) >= 11 is 12.1. The fraction of sp³-hybridized carbons (Fsp3) is 0.412. The second-order valence-corrected chi connectivity index (χ2v) is 6.43. The molecular weight excluding hydrogens is 333 g/mol. The molecule has 1 N–H and O–H groups in total. The predicted octanol–water partition coefficient (Wildman–Crippen LogP) is 4.60. The summed E-state index contributed by atoms with van der Waals surface area (Å²) in [7, 11) is 1.76. The van der Waals surface area contributed by atoms with Crippen LogP contribution < -0.4 is 5.32 Å². The number of carbonyl (C=O) groups is 1. The van der Waals surface area contributed by atoms with Gasteiger partial charge in [0.05, 0.1) is 15.7 Å². The standard InChI is InChI=1S/C17H19Cl2N3O/c1-22(13-6-3-2-4-7-13)17(23)12(10-20)11-21-16-14(18)8-5-9-15(16)19/h5,8-9,11,13,21H,2-4,6-7H2,1H3/b12-11-. The fourth-order valence-corrected chi connectivity index (χ4v) is 3.25. The molecule has 0 spiro atoms. The van der Waals surface area contributed by atoms with Crippen molar-refractivity contribution in [1.82, 2.24) is 4.90 Å². The van der Waals surface area contributed by atoms with Gasteiger partial charge in [-0.25, -0.2) is 0 Å². The van der Waals surface area contributed by atoms with E-state index in [1.807, 2.05) is 6.07 Å². The number of hydrogen-bond donors (Lipinski definition) is 1. The van der Waals surface area contributed by atoms with Crippen LogP contribution in [0.5, 0.6) is 0 Å². The molecule has 0 aliphatic heterocycles. The summed E-state index contributed by atoms with van der Waals surface area (Å²) in [4.78, 5) is 14.2. The van der Waals surface area contributed by atoms with Gasteiger partial charge >= 0.3 is 0 Å². The van der Waals surface area contributed by atoms with Gasteiger partial charge in [0.2, 0.25) is 0 Å². The Morgan fingerprint density at radius 3 is 2.48 bits per heavy atom. The first-order valence-electron chi connectivity index (χ1n) is 7.62. The van der Waals surface area contributed by atoms with Gasteiger partial charge in [0.25, 0.3) is 5.91 Å². The highest BCUT2D eigenvalue weighted by atomic mass is 35.5. The number of hydrogen-bond acceptors (Lipinski definition) is 3. The molecule has 122 valence electrons. The summed E-state index contributed by atoms with van der Waals surface area (Å²) < 4.78 is 0. The summed E-state index contributed by atoms with van der Waals surface area (Å²) in [6, 6.07) is 7.26. The van der Waals surface area contributed by atoms with E-state index in [9.17, 15) is 10.1 Å². The van der Waals surface area contributed by atoms with Gasteiger partial charge in [0.1, 0.15) is 11.6 Å². The Hall–Kier alpha value is -1.70. The van der Waals surface area contributed by atoms with E-state index in [4.69, 9.17) is 23.2 Å². The van der Waals surface area contributed by atoms with Crippen molar-refractivity contribution in [3.05, 3.63) is 40.0 Å². The maximum atomic E-state index is 12.5. The maximum Gasteiger partial charge on any atom is 0.266 e. The molecule has 1 aromatic rings. The zero-order valence-corrected chi connectivity index (χ0v) is 14.5. The molecular formula is C17H19Cl2N3O. The Morgan fingerprint density at radius 2 is 1.91 bits per heavy atom. The summed E-state index contributed by atoms with van der Waals surface area (Å²) in [6.07, 6.45) is 6.82. The monoisotopic (exact) mass is 351 g/mol. The lowest BCUT2D eigenvalue weighted by Gasteiger charge is -2.31. The average molecular weight is 352 g/mol. The molecule has 1 aliphatic rings. The van der Waals surface area contributed by atoms with Crippen LogP contribution in [0.25, 0.3) is 0 Å². The summed E-state index contributed by atoms with van der Waals surface area (Å²) in [5.74, 6) is -0.282. The smallest absolute Gasteiger partial charge is 0.266 e. The zero-order valence-electron chi connectivity index (χ0n) is 13.0. The van der Waals surface area contributed by atoms with Crippen LogP contribution in [0.4, 0.5) is 5.69 Å². The lowest BCUT2D eigenvalue weighted by Crippen LogP contribution is -2.39. The van der Waals surface area contributed by atoms with Gasteiger partial charge in [-0.2, -0.15) is 5.26 Å². The zero-order chi connectivity index (χ0) is 16.8. The molecule has 1 fully saturated rings. The van der Waals surface area contributed by atoms with Crippen molar-refractivity contribution in [3.8, 4) is 6.07 Å². The van der Waals surface area contributed by atoms with Crippen LogP contribution in [0.3, 0.4) is 0 Å². The normalized spacial score (nSPS) is 15.8.